The maximum absolute atomic E-state index is 9.52. The maximum Gasteiger partial charge on any atom is 0.129 e. The lowest BCUT2D eigenvalue weighted by molar-refractivity contribution is 0.475. The first-order valence-corrected chi connectivity index (χ1v) is 7.69. The van der Waals surface area contributed by atoms with Gasteiger partial charge < -0.3 is 10.4 Å². The molecule has 3 nitrogen and oxygen atoms in total. The number of rotatable bonds is 4. The zero-order valence-electron chi connectivity index (χ0n) is 12.5. The molecule has 3 heteroatoms. The van der Waals surface area contributed by atoms with E-state index < -0.39 is 0 Å². The van der Waals surface area contributed by atoms with E-state index in [1.807, 2.05) is 36.7 Å². The van der Waals surface area contributed by atoms with Crippen LogP contribution < -0.4 is 5.32 Å². The molecule has 1 aliphatic carbocycles. The van der Waals surface area contributed by atoms with E-state index in [1.54, 1.807) is 12.1 Å². The van der Waals surface area contributed by atoms with Crippen molar-refractivity contribution in [3.05, 3.63) is 66.5 Å². The molecule has 22 heavy (non-hydrogen) atoms. The van der Waals surface area contributed by atoms with Crippen LogP contribution in [0.15, 0.2) is 66.5 Å². The highest BCUT2D eigenvalue weighted by Gasteiger charge is 2.01. The number of allylic oxidation sites excluding steroid dienone is 3. The summed E-state index contributed by atoms with van der Waals surface area (Å²) in [5, 5.41) is 12.7. The minimum absolute atomic E-state index is 0.267. The Morgan fingerprint density at radius 3 is 2.77 bits per heavy atom. The first-order chi connectivity index (χ1) is 10.8. The summed E-state index contributed by atoms with van der Waals surface area (Å²) in [5.41, 5.74) is 3.34. The fourth-order valence-electron chi connectivity index (χ4n) is 2.58. The molecule has 0 saturated heterocycles. The minimum Gasteiger partial charge on any atom is -0.508 e. The first-order valence-electron chi connectivity index (χ1n) is 7.69. The van der Waals surface area contributed by atoms with E-state index in [0.717, 1.165) is 16.9 Å². The summed E-state index contributed by atoms with van der Waals surface area (Å²) in [6, 6.07) is 11.1. The number of aromatic nitrogens is 1. The summed E-state index contributed by atoms with van der Waals surface area (Å²) in [4.78, 5) is 4.40. The van der Waals surface area contributed by atoms with Crippen molar-refractivity contribution in [2.45, 2.75) is 25.7 Å². The molecule has 0 spiro atoms. The van der Waals surface area contributed by atoms with E-state index in [0.29, 0.717) is 0 Å². The summed E-state index contributed by atoms with van der Waals surface area (Å²) >= 11 is 0. The molecule has 0 atom stereocenters. The maximum atomic E-state index is 9.52. The van der Waals surface area contributed by atoms with Crippen LogP contribution in [0.4, 0.5) is 5.82 Å². The van der Waals surface area contributed by atoms with Gasteiger partial charge in [-0.1, -0.05) is 23.8 Å². The fourth-order valence-corrected chi connectivity index (χ4v) is 2.58. The van der Waals surface area contributed by atoms with Gasteiger partial charge in [-0.3, -0.25) is 0 Å². The Bertz CT molecular complexity index is 687. The summed E-state index contributed by atoms with van der Waals surface area (Å²) < 4.78 is 0. The SMILES string of the molecule is Oc1cccc(-c2ccc(N/C=C/C3=CCCCC3)nc2)c1. The number of phenols is 1. The summed E-state index contributed by atoms with van der Waals surface area (Å²) in [5.74, 6) is 1.08. The van der Waals surface area contributed by atoms with E-state index in [2.05, 4.69) is 22.5 Å². The van der Waals surface area contributed by atoms with Crippen molar-refractivity contribution < 1.29 is 5.11 Å². The molecule has 2 aromatic rings. The fraction of sp³-hybridized carbons (Fsp3) is 0.211. The highest BCUT2D eigenvalue weighted by Crippen LogP contribution is 2.23. The van der Waals surface area contributed by atoms with Crippen molar-refractivity contribution in [3.63, 3.8) is 0 Å². The molecule has 0 unspecified atom stereocenters. The van der Waals surface area contributed by atoms with Gasteiger partial charge >= 0.3 is 0 Å². The number of hydrogen-bond donors (Lipinski definition) is 2. The van der Waals surface area contributed by atoms with Gasteiger partial charge in [0, 0.05) is 18.0 Å². The van der Waals surface area contributed by atoms with Gasteiger partial charge in [0.2, 0.25) is 0 Å². The second-order valence-electron chi connectivity index (χ2n) is 5.48. The van der Waals surface area contributed by atoms with Crippen LogP contribution >= 0.6 is 0 Å². The molecule has 0 bridgehead atoms. The molecule has 0 saturated carbocycles. The van der Waals surface area contributed by atoms with Crippen LogP contribution in [0.1, 0.15) is 25.7 Å². The van der Waals surface area contributed by atoms with Crippen LogP contribution in [-0.4, -0.2) is 10.1 Å². The predicted molar refractivity (Wildman–Crippen MR) is 90.7 cm³/mol. The summed E-state index contributed by atoms with van der Waals surface area (Å²) in [6.45, 7) is 0. The smallest absolute Gasteiger partial charge is 0.129 e. The molecular formula is C19H20N2O. The highest BCUT2D eigenvalue weighted by molar-refractivity contribution is 5.65. The van der Waals surface area contributed by atoms with Crippen LogP contribution in [0.3, 0.4) is 0 Å². The minimum atomic E-state index is 0.267. The predicted octanol–water partition coefficient (Wildman–Crippen LogP) is 4.88. The van der Waals surface area contributed by atoms with Gasteiger partial charge in [-0.05, 0) is 61.6 Å². The Labute approximate surface area is 131 Å². The molecule has 112 valence electrons. The van der Waals surface area contributed by atoms with Gasteiger partial charge in [0.15, 0.2) is 0 Å². The lowest BCUT2D eigenvalue weighted by Gasteiger charge is -2.08. The monoisotopic (exact) mass is 292 g/mol. The normalized spacial score (nSPS) is 14.8. The first kappa shape index (κ1) is 14.4. The Morgan fingerprint density at radius 1 is 1.09 bits per heavy atom. The van der Waals surface area contributed by atoms with Gasteiger partial charge in [0.1, 0.15) is 11.6 Å². The third-order valence-corrected chi connectivity index (χ3v) is 3.80. The van der Waals surface area contributed by atoms with Gasteiger partial charge in [-0.25, -0.2) is 4.98 Å². The van der Waals surface area contributed by atoms with E-state index in [-0.39, 0.29) is 5.75 Å². The molecule has 1 aliphatic rings. The number of hydrogen-bond acceptors (Lipinski definition) is 3. The van der Waals surface area contributed by atoms with Crippen molar-refractivity contribution in [2.75, 3.05) is 5.32 Å². The standard InChI is InChI=1S/C19H20N2O/c22-18-8-4-7-16(13-18)17-9-10-19(21-14-17)20-12-11-15-5-2-1-3-6-15/h4-5,7-14,22H,1-3,6H2,(H,20,21)/b12-11+. The van der Waals surface area contributed by atoms with Crippen molar-refractivity contribution in [1.29, 1.82) is 0 Å². The van der Waals surface area contributed by atoms with Crippen molar-refractivity contribution in [1.82, 2.24) is 4.98 Å². The number of benzene rings is 1. The number of aromatic hydroxyl groups is 1. The van der Waals surface area contributed by atoms with Crippen LogP contribution in [0.5, 0.6) is 5.75 Å². The molecule has 3 rings (SSSR count). The largest absolute Gasteiger partial charge is 0.508 e. The molecule has 2 N–H and O–H groups in total. The lowest BCUT2D eigenvalue weighted by Crippen LogP contribution is -1.93. The highest BCUT2D eigenvalue weighted by atomic mass is 16.3. The molecule has 0 fully saturated rings. The van der Waals surface area contributed by atoms with E-state index in [4.69, 9.17) is 0 Å². The zero-order chi connectivity index (χ0) is 15.2. The lowest BCUT2D eigenvalue weighted by atomic mass is 10.00. The van der Waals surface area contributed by atoms with Gasteiger partial charge in [0.05, 0.1) is 0 Å². The Balaban J connectivity index is 1.64. The number of nitrogens with one attached hydrogen (secondary N) is 1. The van der Waals surface area contributed by atoms with Crippen LogP contribution in [0, 0.1) is 0 Å². The number of phenolic OH excluding ortho intramolecular Hbond substituents is 1. The van der Waals surface area contributed by atoms with E-state index in [1.165, 1.54) is 31.3 Å². The van der Waals surface area contributed by atoms with Gasteiger partial charge in [-0.15, -0.1) is 0 Å². The van der Waals surface area contributed by atoms with E-state index >= 15 is 0 Å². The third-order valence-electron chi connectivity index (χ3n) is 3.80. The third kappa shape index (κ3) is 3.76. The molecular weight excluding hydrogens is 272 g/mol. The second-order valence-corrected chi connectivity index (χ2v) is 5.48. The van der Waals surface area contributed by atoms with Crippen LogP contribution in [-0.2, 0) is 0 Å². The van der Waals surface area contributed by atoms with Crippen LogP contribution in [0.2, 0.25) is 0 Å². The van der Waals surface area contributed by atoms with Gasteiger partial charge in [0.25, 0.3) is 0 Å². The summed E-state index contributed by atoms with van der Waals surface area (Å²) in [7, 11) is 0. The number of nitrogens with zero attached hydrogens (tertiary/aromatic N) is 1. The number of anilines is 1. The molecule has 0 amide bonds. The Morgan fingerprint density at radius 2 is 2.05 bits per heavy atom. The molecule has 1 aromatic heterocycles. The van der Waals surface area contributed by atoms with Crippen LogP contribution in [0.25, 0.3) is 11.1 Å². The van der Waals surface area contributed by atoms with E-state index in [9.17, 15) is 5.11 Å². The summed E-state index contributed by atoms with van der Waals surface area (Å²) in [6.07, 6.45) is 13.1. The molecule has 1 aromatic carbocycles. The second kappa shape index (κ2) is 6.94. The molecule has 0 aliphatic heterocycles. The topological polar surface area (TPSA) is 45.1 Å². The number of pyridine rings is 1. The molecule has 1 heterocycles. The van der Waals surface area contributed by atoms with Gasteiger partial charge in [-0.2, -0.15) is 0 Å². The average Bonchev–Trinajstić information content (AvgIpc) is 2.56. The molecule has 0 radical (unpaired) electrons. The Kier molecular flexibility index (Phi) is 4.54. The van der Waals surface area contributed by atoms with Crippen molar-refractivity contribution in [3.8, 4) is 16.9 Å². The van der Waals surface area contributed by atoms with Crippen molar-refractivity contribution in [2.24, 2.45) is 0 Å². The quantitative estimate of drug-likeness (QED) is 0.844. The zero-order valence-corrected chi connectivity index (χ0v) is 12.5. The van der Waals surface area contributed by atoms with Crippen molar-refractivity contribution >= 4 is 5.82 Å². The Hall–Kier alpha value is -2.55. The average molecular weight is 292 g/mol.